The lowest BCUT2D eigenvalue weighted by Crippen LogP contribution is -2.27. The van der Waals surface area contributed by atoms with Gasteiger partial charge in [-0.05, 0) is 42.0 Å². The number of hydrogen-bond acceptors (Lipinski definition) is 5. The summed E-state index contributed by atoms with van der Waals surface area (Å²) in [6, 6.07) is 18.2. The number of benzene rings is 2. The standard InChI is InChI=1S/C21H21N3O3/c1-24(2)21(26)14-27-19-5-3-4-17(12-19)23-20-11-8-16(13-22-20)15-6-9-18(25)10-7-15/h3-13,25H,14H2,1-2H3,(H,22,23). The quantitative estimate of drug-likeness (QED) is 0.699. The Morgan fingerprint density at radius 3 is 2.48 bits per heavy atom. The minimum Gasteiger partial charge on any atom is -0.508 e. The molecular formula is C21H21N3O3. The highest BCUT2D eigenvalue weighted by molar-refractivity contribution is 5.77. The average Bonchev–Trinajstić information content (AvgIpc) is 2.67. The van der Waals surface area contributed by atoms with E-state index in [-0.39, 0.29) is 18.3 Å². The van der Waals surface area contributed by atoms with Crippen molar-refractivity contribution in [2.24, 2.45) is 0 Å². The van der Waals surface area contributed by atoms with E-state index in [9.17, 15) is 9.90 Å². The highest BCUT2D eigenvalue weighted by Gasteiger charge is 2.06. The lowest BCUT2D eigenvalue weighted by Gasteiger charge is -2.12. The fourth-order valence-electron chi connectivity index (χ4n) is 2.38. The number of hydrogen-bond donors (Lipinski definition) is 2. The fraction of sp³-hybridized carbons (Fsp3) is 0.143. The monoisotopic (exact) mass is 363 g/mol. The summed E-state index contributed by atoms with van der Waals surface area (Å²) in [5, 5.41) is 12.6. The molecule has 6 nitrogen and oxygen atoms in total. The predicted octanol–water partition coefficient (Wildman–Crippen LogP) is 3.66. The van der Waals surface area contributed by atoms with Gasteiger partial charge < -0.3 is 20.1 Å². The van der Waals surface area contributed by atoms with Crippen LogP contribution in [0.25, 0.3) is 11.1 Å². The summed E-state index contributed by atoms with van der Waals surface area (Å²) in [5.74, 6) is 1.44. The number of carbonyl (C=O) groups is 1. The van der Waals surface area contributed by atoms with Crippen LogP contribution in [-0.2, 0) is 4.79 Å². The number of amides is 1. The Balaban J connectivity index is 1.66. The van der Waals surface area contributed by atoms with Crippen molar-refractivity contribution in [2.75, 3.05) is 26.0 Å². The third-order valence-corrected chi connectivity index (χ3v) is 3.93. The number of aromatic nitrogens is 1. The van der Waals surface area contributed by atoms with E-state index in [0.29, 0.717) is 11.6 Å². The van der Waals surface area contributed by atoms with E-state index in [1.54, 1.807) is 38.5 Å². The van der Waals surface area contributed by atoms with Crippen molar-refractivity contribution < 1.29 is 14.6 Å². The number of pyridine rings is 1. The molecule has 1 amide bonds. The Hall–Kier alpha value is -3.54. The zero-order chi connectivity index (χ0) is 19.2. The summed E-state index contributed by atoms with van der Waals surface area (Å²) in [5.41, 5.74) is 2.75. The van der Waals surface area contributed by atoms with Gasteiger partial charge in [0.2, 0.25) is 0 Å². The van der Waals surface area contributed by atoms with Crippen molar-refractivity contribution in [2.45, 2.75) is 0 Å². The molecule has 0 fully saturated rings. The Morgan fingerprint density at radius 1 is 1.07 bits per heavy atom. The van der Waals surface area contributed by atoms with E-state index in [1.165, 1.54) is 4.90 Å². The summed E-state index contributed by atoms with van der Waals surface area (Å²) in [6.07, 6.45) is 1.77. The number of nitrogens with one attached hydrogen (secondary N) is 1. The Kier molecular flexibility index (Phi) is 5.56. The first-order valence-electron chi connectivity index (χ1n) is 8.47. The van der Waals surface area contributed by atoms with Crippen molar-refractivity contribution in [3.8, 4) is 22.6 Å². The first kappa shape index (κ1) is 18.3. The van der Waals surface area contributed by atoms with Crippen molar-refractivity contribution in [3.05, 3.63) is 66.9 Å². The number of carbonyl (C=O) groups excluding carboxylic acids is 1. The maximum atomic E-state index is 11.6. The molecule has 0 saturated heterocycles. The molecule has 1 heterocycles. The molecular weight excluding hydrogens is 342 g/mol. The molecule has 3 aromatic rings. The lowest BCUT2D eigenvalue weighted by molar-refractivity contribution is -0.130. The second-order valence-corrected chi connectivity index (χ2v) is 6.21. The topological polar surface area (TPSA) is 74.7 Å². The van der Waals surface area contributed by atoms with E-state index < -0.39 is 0 Å². The third-order valence-electron chi connectivity index (χ3n) is 3.93. The molecule has 0 aliphatic heterocycles. The molecule has 0 unspecified atom stereocenters. The summed E-state index contributed by atoms with van der Waals surface area (Å²) in [4.78, 5) is 17.5. The molecule has 0 bridgehead atoms. The summed E-state index contributed by atoms with van der Waals surface area (Å²) in [7, 11) is 3.38. The van der Waals surface area contributed by atoms with E-state index in [0.717, 1.165) is 16.8 Å². The fourth-order valence-corrected chi connectivity index (χ4v) is 2.38. The Morgan fingerprint density at radius 2 is 1.81 bits per heavy atom. The number of aromatic hydroxyl groups is 1. The minimum atomic E-state index is -0.0974. The van der Waals surface area contributed by atoms with Gasteiger partial charge in [-0.3, -0.25) is 4.79 Å². The van der Waals surface area contributed by atoms with Gasteiger partial charge in [0.25, 0.3) is 5.91 Å². The molecule has 3 rings (SSSR count). The van der Waals surface area contributed by atoms with Crippen LogP contribution < -0.4 is 10.1 Å². The van der Waals surface area contributed by atoms with Gasteiger partial charge in [-0.2, -0.15) is 0 Å². The van der Waals surface area contributed by atoms with Crippen molar-refractivity contribution in [3.63, 3.8) is 0 Å². The number of rotatable bonds is 6. The summed E-state index contributed by atoms with van der Waals surface area (Å²) < 4.78 is 5.52. The maximum Gasteiger partial charge on any atom is 0.259 e. The van der Waals surface area contributed by atoms with Crippen LogP contribution in [0, 0.1) is 0 Å². The normalized spacial score (nSPS) is 10.3. The number of nitrogens with zero attached hydrogens (tertiary/aromatic N) is 2. The molecule has 0 aliphatic rings. The predicted molar refractivity (Wildman–Crippen MR) is 105 cm³/mol. The molecule has 2 N–H and O–H groups in total. The molecule has 0 aliphatic carbocycles. The SMILES string of the molecule is CN(C)C(=O)COc1cccc(Nc2ccc(-c3ccc(O)cc3)cn2)c1. The number of ether oxygens (including phenoxy) is 1. The zero-order valence-corrected chi connectivity index (χ0v) is 15.2. The molecule has 6 heteroatoms. The molecule has 2 aromatic carbocycles. The average molecular weight is 363 g/mol. The van der Waals surface area contributed by atoms with Crippen LogP contribution in [0.3, 0.4) is 0 Å². The van der Waals surface area contributed by atoms with Crippen molar-refractivity contribution in [1.82, 2.24) is 9.88 Å². The number of anilines is 2. The highest BCUT2D eigenvalue weighted by Crippen LogP contribution is 2.24. The van der Waals surface area contributed by atoms with Gasteiger partial charge >= 0.3 is 0 Å². The number of phenols is 1. The van der Waals surface area contributed by atoms with Gasteiger partial charge in [0.1, 0.15) is 17.3 Å². The molecule has 138 valence electrons. The molecule has 0 radical (unpaired) electrons. The van der Waals surface area contributed by atoms with Crippen LogP contribution in [0.1, 0.15) is 0 Å². The first-order chi connectivity index (χ1) is 13.0. The zero-order valence-electron chi connectivity index (χ0n) is 15.2. The molecule has 0 saturated carbocycles. The lowest BCUT2D eigenvalue weighted by atomic mass is 10.1. The summed E-state index contributed by atoms with van der Waals surface area (Å²) >= 11 is 0. The van der Waals surface area contributed by atoms with E-state index in [1.807, 2.05) is 42.5 Å². The third kappa shape index (κ3) is 4.98. The number of phenolic OH excluding ortho intramolecular Hbond substituents is 1. The van der Waals surface area contributed by atoms with Gasteiger partial charge in [0.15, 0.2) is 6.61 Å². The number of likely N-dealkylation sites (N-methyl/N-ethyl adjacent to an activating group) is 1. The van der Waals surface area contributed by atoms with Gasteiger partial charge in [-0.1, -0.05) is 18.2 Å². The second kappa shape index (κ2) is 8.23. The van der Waals surface area contributed by atoms with Gasteiger partial charge in [-0.15, -0.1) is 0 Å². The smallest absolute Gasteiger partial charge is 0.259 e. The van der Waals surface area contributed by atoms with Crippen LogP contribution in [-0.4, -0.2) is 41.6 Å². The molecule has 0 spiro atoms. The van der Waals surface area contributed by atoms with Crippen LogP contribution in [0.4, 0.5) is 11.5 Å². The van der Waals surface area contributed by atoms with Gasteiger partial charge in [0, 0.05) is 37.6 Å². The van der Waals surface area contributed by atoms with Crippen LogP contribution in [0.15, 0.2) is 66.9 Å². The Labute approximate surface area is 158 Å². The Bertz CT molecular complexity index is 907. The molecule has 0 atom stereocenters. The highest BCUT2D eigenvalue weighted by atomic mass is 16.5. The van der Waals surface area contributed by atoms with E-state index in [2.05, 4.69) is 10.3 Å². The molecule has 1 aromatic heterocycles. The van der Waals surface area contributed by atoms with Crippen LogP contribution in [0.2, 0.25) is 0 Å². The van der Waals surface area contributed by atoms with Gasteiger partial charge in [-0.25, -0.2) is 4.98 Å². The van der Waals surface area contributed by atoms with Crippen LogP contribution >= 0.6 is 0 Å². The summed E-state index contributed by atoms with van der Waals surface area (Å²) in [6.45, 7) is -0.00394. The first-order valence-corrected chi connectivity index (χ1v) is 8.47. The van der Waals surface area contributed by atoms with E-state index >= 15 is 0 Å². The largest absolute Gasteiger partial charge is 0.508 e. The van der Waals surface area contributed by atoms with Crippen molar-refractivity contribution in [1.29, 1.82) is 0 Å². The van der Waals surface area contributed by atoms with E-state index in [4.69, 9.17) is 4.74 Å². The van der Waals surface area contributed by atoms with Crippen molar-refractivity contribution >= 4 is 17.4 Å². The van der Waals surface area contributed by atoms with Gasteiger partial charge in [0.05, 0.1) is 0 Å². The molecule has 27 heavy (non-hydrogen) atoms. The minimum absolute atomic E-state index is 0.00394. The second-order valence-electron chi connectivity index (χ2n) is 6.21. The van der Waals surface area contributed by atoms with Crippen LogP contribution in [0.5, 0.6) is 11.5 Å². The maximum absolute atomic E-state index is 11.6.